The van der Waals surface area contributed by atoms with E-state index in [1.54, 1.807) is 0 Å². The van der Waals surface area contributed by atoms with Crippen LogP contribution in [-0.2, 0) is 4.79 Å². The number of hydrogen-bond acceptors (Lipinski definition) is 2. The van der Waals surface area contributed by atoms with E-state index in [4.69, 9.17) is 5.73 Å². The molecule has 0 saturated heterocycles. The minimum Gasteiger partial charge on any atom is -0.365 e. The van der Waals surface area contributed by atoms with Crippen LogP contribution in [0.25, 0.3) is 0 Å². The van der Waals surface area contributed by atoms with Crippen LogP contribution in [-0.4, -0.2) is 18.2 Å². The van der Waals surface area contributed by atoms with Gasteiger partial charge in [0.1, 0.15) is 5.71 Å². The van der Waals surface area contributed by atoms with E-state index in [2.05, 4.69) is 4.99 Å². The summed E-state index contributed by atoms with van der Waals surface area (Å²) in [6.07, 6.45) is 8.07. The molecule has 3 heteroatoms. The predicted octanol–water partition coefficient (Wildman–Crippen LogP) is 0.429. The van der Waals surface area contributed by atoms with Crippen molar-refractivity contribution < 1.29 is 4.79 Å². The van der Waals surface area contributed by atoms with Crippen molar-refractivity contribution in [3.8, 4) is 0 Å². The number of nitrogens with two attached hydrogens (primary N) is 1. The van der Waals surface area contributed by atoms with E-state index >= 15 is 0 Å². The van der Waals surface area contributed by atoms with E-state index in [0.717, 1.165) is 0 Å². The zero-order valence-corrected chi connectivity index (χ0v) is 6.16. The fraction of sp³-hybridized carbons (Fsp3) is 0.250. The third-order valence-electron chi connectivity index (χ3n) is 1.37. The Morgan fingerprint density at radius 1 is 1.45 bits per heavy atom. The Labute approximate surface area is 65.3 Å². The zero-order chi connectivity index (χ0) is 8.10. The molecule has 1 rings (SSSR count). The molecule has 0 atom stereocenters. The maximum atomic E-state index is 10.7. The number of rotatable bonds is 1. The first-order chi connectivity index (χ1) is 5.30. The first-order valence-electron chi connectivity index (χ1n) is 3.45. The fourth-order valence-electron chi connectivity index (χ4n) is 0.804. The van der Waals surface area contributed by atoms with Gasteiger partial charge in [0, 0.05) is 6.42 Å². The number of carbonyl (C=O) groups excluding carboxylic acids is 1. The monoisotopic (exact) mass is 150 g/mol. The highest BCUT2D eigenvalue weighted by molar-refractivity contribution is 6.38. The molecule has 0 unspecified atom stereocenters. The Morgan fingerprint density at radius 3 is 2.91 bits per heavy atom. The van der Waals surface area contributed by atoms with Gasteiger partial charge in [-0.25, -0.2) is 0 Å². The molecule has 1 amide bonds. The van der Waals surface area contributed by atoms with Crippen LogP contribution in [0.5, 0.6) is 0 Å². The Bertz CT molecular complexity index is 238. The van der Waals surface area contributed by atoms with Crippen molar-refractivity contribution in [2.45, 2.75) is 6.42 Å². The highest BCUT2D eigenvalue weighted by Crippen LogP contribution is 1.94. The molecule has 58 valence electrons. The number of primary amides is 1. The number of hydrogen-bond donors (Lipinski definition) is 1. The van der Waals surface area contributed by atoms with Gasteiger partial charge in [-0.15, -0.1) is 0 Å². The molecule has 0 bridgehead atoms. The largest absolute Gasteiger partial charge is 0.365 e. The molecular weight excluding hydrogens is 140 g/mol. The van der Waals surface area contributed by atoms with Gasteiger partial charge in [0.2, 0.25) is 0 Å². The van der Waals surface area contributed by atoms with E-state index in [0.29, 0.717) is 18.7 Å². The second kappa shape index (κ2) is 3.71. The third kappa shape index (κ3) is 2.37. The predicted molar refractivity (Wildman–Crippen MR) is 44.4 cm³/mol. The van der Waals surface area contributed by atoms with Crippen molar-refractivity contribution in [1.82, 2.24) is 0 Å². The summed E-state index contributed by atoms with van der Waals surface area (Å²) in [5.41, 5.74) is 5.51. The van der Waals surface area contributed by atoms with E-state index < -0.39 is 5.91 Å². The number of carbonyl (C=O) groups is 1. The summed E-state index contributed by atoms with van der Waals surface area (Å²) in [7, 11) is 0. The van der Waals surface area contributed by atoms with E-state index in [1.165, 1.54) is 0 Å². The molecule has 3 nitrogen and oxygen atoms in total. The lowest BCUT2D eigenvalue weighted by molar-refractivity contribution is -0.112. The normalized spacial score (nSPS) is 21.6. The van der Waals surface area contributed by atoms with Gasteiger partial charge in [-0.2, -0.15) is 0 Å². The Morgan fingerprint density at radius 2 is 2.18 bits per heavy atom. The lowest BCUT2D eigenvalue weighted by atomic mass is 10.2. The summed E-state index contributed by atoms with van der Waals surface area (Å²) >= 11 is 0. The molecule has 1 aliphatic rings. The number of nitrogens with zero attached hydrogens (tertiary/aromatic N) is 1. The van der Waals surface area contributed by atoms with Gasteiger partial charge in [-0.3, -0.25) is 9.79 Å². The Kier molecular flexibility index (Phi) is 2.60. The van der Waals surface area contributed by atoms with Gasteiger partial charge in [0.05, 0.1) is 6.54 Å². The lowest BCUT2D eigenvalue weighted by Crippen LogP contribution is -2.23. The van der Waals surface area contributed by atoms with Crippen LogP contribution < -0.4 is 5.73 Å². The highest BCUT2D eigenvalue weighted by atomic mass is 16.1. The molecule has 0 aromatic heterocycles. The van der Waals surface area contributed by atoms with Crippen molar-refractivity contribution in [1.29, 1.82) is 0 Å². The summed E-state index contributed by atoms with van der Waals surface area (Å²) in [5, 5.41) is 0. The summed E-state index contributed by atoms with van der Waals surface area (Å²) in [6, 6.07) is 0. The van der Waals surface area contributed by atoms with Crippen LogP contribution in [0, 0.1) is 0 Å². The van der Waals surface area contributed by atoms with Crippen molar-refractivity contribution in [3.05, 3.63) is 24.3 Å². The minimum atomic E-state index is -0.426. The smallest absolute Gasteiger partial charge is 0.262 e. The summed E-state index contributed by atoms with van der Waals surface area (Å²) < 4.78 is 0. The summed E-state index contributed by atoms with van der Waals surface area (Å²) in [5.74, 6) is -0.426. The van der Waals surface area contributed by atoms with Crippen LogP contribution in [0.3, 0.4) is 0 Å². The van der Waals surface area contributed by atoms with Gasteiger partial charge in [-0.05, 0) is 0 Å². The molecule has 0 aromatic carbocycles. The topological polar surface area (TPSA) is 55.5 Å². The molecule has 0 aromatic rings. The first-order valence-corrected chi connectivity index (χ1v) is 3.45. The van der Waals surface area contributed by atoms with Crippen molar-refractivity contribution in [3.63, 3.8) is 0 Å². The molecule has 0 aliphatic carbocycles. The molecular formula is C8H10N2O. The molecule has 0 radical (unpaired) electrons. The number of aliphatic imine (C=N–C) groups is 1. The zero-order valence-electron chi connectivity index (χ0n) is 6.16. The molecule has 1 heterocycles. The SMILES string of the molecule is NC(=O)/C1=N/CC=CC=CC1. The van der Waals surface area contributed by atoms with Crippen molar-refractivity contribution >= 4 is 11.6 Å². The second-order valence-corrected chi connectivity index (χ2v) is 2.21. The van der Waals surface area contributed by atoms with E-state index in [1.807, 2.05) is 24.3 Å². The molecule has 11 heavy (non-hydrogen) atoms. The number of amides is 1. The lowest BCUT2D eigenvalue weighted by Gasteiger charge is -1.98. The molecule has 1 aliphatic heterocycles. The second-order valence-electron chi connectivity index (χ2n) is 2.21. The van der Waals surface area contributed by atoms with Gasteiger partial charge in [0.15, 0.2) is 0 Å². The maximum Gasteiger partial charge on any atom is 0.262 e. The van der Waals surface area contributed by atoms with Crippen molar-refractivity contribution in [2.75, 3.05) is 6.54 Å². The van der Waals surface area contributed by atoms with Crippen LogP contribution in [0.1, 0.15) is 6.42 Å². The van der Waals surface area contributed by atoms with Crippen LogP contribution in [0.15, 0.2) is 29.3 Å². The van der Waals surface area contributed by atoms with Crippen molar-refractivity contribution in [2.24, 2.45) is 10.7 Å². The van der Waals surface area contributed by atoms with Gasteiger partial charge < -0.3 is 5.73 Å². The number of allylic oxidation sites excluding steroid dienone is 3. The van der Waals surface area contributed by atoms with Gasteiger partial charge in [0.25, 0.3) is 5.91 Å². The molecule has 0 fully saturated rings. The Hall–Kier alpha value is -1.38. The maximum absolute atomic E-state index is 10.7. The quantitative estimate of drug-likeness (QED) is 0.579. The summed E-state index contributed by atoms with van der Waals surface area (Å²) in [4.78, 5) is 14.6. The summed E-state index contributed by atoms with van der Waals surface area (Å²) in [6.45, 7) is 0.544. The molecule has 2 N–H and O–H groups in total. The van der Waals surface area contributed by atoms with Crippen LogP contribution in [0.2, 0.25) is 0 Å². The van der Waals surface area contributed by atoms with Crippen LogP contribution >= 0.6 is 0 Å². The van der Waals surface area contributed by atoms with Crippen LogP contribution in [0.4, 0.5) is 0 Å². The molecule has 0 saturated carbocycles. The standard InChI is InChI=1S/C8H10N2O/c9-8(11)7-5-3-1-2-4-6-10-7/h1-4H,5-6H2,(H2,9,11)/b3-1?,4-2?,10-7+. The highest BCUT2D eigenvalue weighted by Gasteiger charge is 2.03. The van der Waals surface area contributed by atoms with Gasteiger partial charge >= 0.3 is 0 Å². The first kappa shape index (κ1) is 7.72. The van der Waals surface area contributed by atoms with E-state index in [9.17, 15) is 4.79 Å². The fourth-order valence-corrected chi connectivity index (χ4v) is 0.804. The minimum absolute atomic E-state index is 0.426. The average molecular weight is 150 g/mol. The van der Waals surface area contributed by atoms with E-state index in [-0.39, 0.29) is 0 Å². The third-order valence-corrected chi connectivity index (χ3v) is 1.37. The Balaban J connectivity index is 2.73. The van der Waals surface area contributed by atoms with Gasteiger partial charge in [-0.1, -0.05) is 24.3 Å². The molecule has 0 spiro atoms. The average Bonchev–Trinajstić information content (AvgIpc) is 1.84.